The highest BCUT2D eigenvalue weighted by Gasteiger charge is 2.32. The van der Waals surface area contributed by atoms with E-state index < -0.39 is 23.7 Å². The molecule has 15 heteroatoms. The Labute approximate surface area is 264 Å². The third-order valence-electron chi connectivity index (χ3n) is 7.81. The number of fused-ring (bicyclic) bond motifs is 1. The second-order valence-corrected chi connectivity index (χ2v) is 11.8. The number of rotatable bonds is 7. The Balaban J connectivity index is 1.26. The largest absolute Gasteiger partial charge is 0.416 e. The van der Waals surface area contributed by atoms with E-state index in [0.29, 0.717) is 22.7 Å². The Bertz CT molecular complexity index is 1900. The van der Waals surface area contributed by atoms with Gasteiger partial charge in [0.25, 0.3) is 11.9 Å². The molecule has 1 aliphatic rings. The number of aromatic nitrogens is 5. The number of nitriles is 1. The van der Waals surface area contributed by atoms with Gasteiger partial charge < -0.3 is 0 Å². The van der Waals surface area contributed by atoms with Crippen LogP contribution in [0.15, 0.2) is 60.7 Å². The summed E-state index contributed by atoms with van der Waals surface area (Å²) in [6.07, 6.45) is 1.19. The van der Waals surface area contributed by atoms with Crippen LogP contribution >= 0.6 is 11.3 Å². The Morgan fingerprint density at radius 3 is 2.41 bits per heavy atom. The third-order valence-corrected chi connectivity index (χ3v) is 8.83. The number of anilines is 3. The van der Waals surface area contributed by atoms with Gasteiger partial charge in [0.05, 0.1) is 27.9 Å². The van der Waals surface area contributed by atoms with Crippen LogP contribution in [0.3, 0.4) is 0 Å². The molecule has 1 fully saturated rings. The van der Waals surface area contributed by atoms with Gasteiger partial charge in [-0.2, -0.15) is 23.6 Å². The minimum Gasteiger partial charge on any atom is -0.290 e. The predicted molar refractivity (Wildman–Crippen MR) is 165 cm³/mol. The first kappa shape index (κ1) is 30.7. The average Bonchev–Trinajstić information content (AvgIpc) is 3.73. The number of benzene rings is 3. The summed E-state index contributed by atoms with van der Waals surface area (Å²) >= 11 is 0.922. The van der Waals surface area contributed by atoms with E-state index in [9.17, 15) is 28.0 Å². The number of carbonyl (C=O) groups excluding carboxylic acids is 2. The van der Waals surface area contributed by atoms with Crippen molar-refractivity contribution in [2.24, 2.45) is 0 Å². The van der Waals surface area contributed by atoms with E-state index in [4.69, 9.17) is 0 Å². The molecule has 2 aromatic heterocycles. The molecule has 3 amide bonds. The van der Waals surface area contributed by atoms with E-state index in [1.165, 1.54) is 29.7 Å². The molecule has 0 unspecified atom stereocenters. The van der Waals surface area contributed by atoms with Crippen LogP contribution in [0.1, 0.15) is 70.6 Å². The number of thiazole rings is 1. The van der Waals surface area contributed by atoms with E-state index in [2.05, 4.69) is 36.2 Å². The van der Waals surface area contributed by atoms with Gasteiger partial charge in [-0.1, -0.05) is 60.0 Å². The Kier molecular flexibility index (Phi) is 8.62. The fourth-order valence-corrected chi connectivity index (χ4v) is 6.37. The molecule has 2 heterocycles. The quantitative estimate of drug-likeness (QED) is 0.169. The van der Waals surface area contributed by atoms with Crippen LogP contribution < -0.4 is 15.5 Å². The van der Waals surface area contributed by atoms with Crippen LogP contribution in [0.4, 0.5) is 34.7 Å². The van der Waals surface area contributed by atoms with Crippen molar-refractivity contribution in [2.45, 2.75) is 50.7 Å². The molecule has 1 saturated carbocycles. The van der Waals surface area contributed by atoms with Crippen molar-refractivity contribution in [3.63, 3.8) is 0 Å². The maximum Gasteiger partial charge on any atom is 0.416 e. The van der Waals surface area contributed by atoms with E-state index in [1.807, 2.05) is 24.3 Å². The zero-order chi connectivity index (χ0) is 32.3. The number of H-pyrrole nitrogens is 1. The number of nitrogens with one attached hydrogen (secondary N) is 3. The molecule has 1 aliphatic carbocycles. The normalized spacial score (nSPS) is 13.7. The van der Waals surface area contributed by atoms with Crippen LogP contribution in [-0.2, 0) is 12.7 Å². The molecule has 234 valence electrons. The van der Waals surface area contributed by atoms with Gasteiger partial charge in [-0.05, 0) is 71.5 Å². The van der Waals surface area contributed by atoms with Crippen molar-refractivity contribution in [1.82, 2.24) is 25.6 Å². The van der Waals surface area contributed by atoms with Gasteiger partial charge in [0, 0.05) is 11.3 Å². The molecule has 3 aromatic carbocycles. The number of hydrogen-bond donors (Lipinski definition) is 3. The lowest BCUT2D eigenvalue weighted by Crippen LogP contribution is -2.34. The highest BCUT2D eigenvalue weighted by molar-refractivity contribution is 7.22. The van der Waals surface area contributed by atoms with Crippen LogP contribution in [0, 0.1) is 11.3 Å². The van der Waals surface area contributed by atoms with Gasteiger partial charge in [-0.3, -0.25) is 20.3 Å². The smallest absolute Gasteiger partial charge is 0.290 e. The first-order valence-corrected chi connectivity index (χ1v) is 15.2. The fraction of sp³-hybridized carbons (Fsp3) is 0.258. The molecule has 0 spiro atoms. The number of nitrogens with zero attached hydrogens (tertiary/aromatic N) is 6. The zero-order valence-corrected chi connectivity index (χ0v) is 25.0. The minimum atomic E-state index is -4.66. The number of alkyl halides is 3. The Morgan fingerprint density at radius 1 is 1.02 bits per heavy atom. The molecule has 6 rings (SSSR count). The summed E-state index contributed by atoms with van der Waals surface area (Å²) in [6, 6.07) is 17.3. The molecule has 0 bridgehead atoms. The van der Waals surface area contributed by atoms with Crippen LogP contribution in [0.25, 0.3) is 10.2 Å². The molecule has 0 radical (unpaired) electrons. The first-order valence-electron chi connectivity index (χ1n) is 14.4. The zero-order valence-electron chi connectivity index (χ0n) is 24.1. The SMILES string of the molecule is N#Cc1cc(C(F)(F)F)cc2nc(NC(=O)N(Cc3ccc(C(=O)Nc4nn[nH]n4)cc3)c3ccc(C4CCCCC4)cc3)sc12. The van der Waals surface area contributed by atoms with E-state index in [-0.39, 0.29) is 33.4 Å². The summed E-state index contributed by atoms with van der Waals surface area (Å²) in [4.78, 5) is 32.0. The second kappa shape index (κ2) is 12.9. The van der Waals surface area contributed by atoms with Gasteiger partial charge >= 0.3 is 12.2 Å². The fourth-order valence-electron chi connectivity index (χ4n) is 5.47. The monoisotopic (exact) mass is 645 g/mol. The molecule has 5 aromatic rings. The summed E-state index contributed by atoms with van der Waals surface area (Å²) < 4.78 is 40.5. The summed E-state index contributed by atoms with van der Waals surface area (Å²) in [7, 11) is 0. The van der Waals surface area contributed by atoms with Crippen LogP contribution in [-0.4, -0.2) is 37.5 Å². The maximum atomic E-state index is 13.8. The average molecular weight is 646 g/mol. The number of amides is 3. The lowest BCUT2D eigenvalue weighted by Gasteiger charge is -2.25. The van der Waals surface area contributed by atoms with E-state index in [0.717, 1.165) is 36.3 Å². The van der Waals surface area contributed by atoms with Gasteiger partial charge in [0.1, 0.15) is 6.07 Å². The standard InChI is InChI=1S/C31H26F3N9O2S/c32-31(33,34)23-14-22(16-35)26-25(15-23)36-29(46-26)38-30(45)43(24-12-10-20(11-13-24)19-4-2-1-3-5-19)17-18-6-8-21(9-7-18)27(44)37-28-39-41-42-40-28/h6-15,19H,1-5,17H2,(H,36,38,45)(H2,37,39,40,41,42,44). The Morgan fingerprint density at radius 2 is 1.76 bits per heavy atom. The van der Waals surface area contributed by atoms with Crippen molar-refractivity contribution in [1.29, 1.82) is 5.26 Å². The first-order chi connectivity index (χ1) is 22.2. The predicted octanol–water partition coefficient (Wildman–Crippen LogP) is 7.24. The van der Waals surface area contributed by atoms with Crippen molar-refractivity contribution >= 4 is 50.3 Å². The number of hydrogen-bond acceptors (Lipinski definition) is 8. The molecule has 46 heavy (non-hydrogen) atoms. The summed E-state index contributed by atoms with van der Waals surface area (Å²) in [5.41, 5.74) is 1.63. The summed E-state index contributed by atoms with van der Waals surface area (Å²) in [6.45, 7) is 0.105. The highest BCUT2D eigenvalue weighted by atomic mass is 32.1. The van der Waals surface area contributed by atoms with Gasteiger partial charge in [0.2, 0.25) is 0 Å². The number of carbonyl (C=O) groups is 2. The molecule has 11 nitrogen and oxygen atoms in total. The number of aromatic amines is 1. The van der Waals surface area contributed by atoms with Gasteiger partial charge in [-0.25, -0.2) is 9.78 Å². The van der Waals surface area contributed by atoms with Crippen molar-refractivity contribution < 1.29 is 22.8 Å². The second-order valence-electron chi connectivity index (χ2n) is 10.8. The molecular formula is C31H26F3N9O2S. The summed E-state index contributed by atoms with van der Waals surface area (Å²) in [5, 5.41) is 27.8. The molecule has 0 saturated heterocycles. The molecule has 0 atom stereocenters. The minimum absolute atomic E-state index is 0.0277. The maximum absolute atomic E-state index is 13.8. The van der Waals surface area contributed by atoms with Gasteiger partial charge in [0.15, 0.2) is 5.13 Å². The van der Waals surface area contributed by atoms with Crippen LogP contribution in [0.5, 0.6) is 0 Å². The lowest BCUT2D eigenvalue weighted by atomic mass is 9.84. The Hall–Kier alpha value is -5.36. The van der Waals surface area contributed by atoms with Crippen LogP contribution in [0.2, 0.25) is 0 Å². The van der Waals surface area contributed by atoms with Crippen molar-refractivity contribution in [2.75, 3.05) is 15.5 Å². The number of urea groups is 1. The van der Waals surface area contributed by atoms with E-state index in [1.54, 1.807) is 30.3 Å². The summed E-state index contributed by atoms with van der Waals surface area (Å²) in [5.74, 6) is 0.0527. The molecule has 0 aliphatic heterocycles. The van der Waals surface area contributed by atoms with Crippen molar-refractivity contribution in [3.8, 4) is 6.07 Å². The lowest BCUT2D eigenvalue weighted by molar-refractivity contribution is -0.137. The van der Waals surface area contributed by atoms with E-state index >= 15 is 0 Å². The molecular weight excluding hydrogens is 619 g/mol. The van der Waals surface area contributed by atoms with Crippen molar-refractivity contribution in [3.05, 3.63) is 88.5 Å². The molecule has 3 N–H and O–H groups in total. The number of tetrazole rings is 1. The van der Waals surface area contributed by atoms with Gasteiger partial charge in [-0.15, -0.1) is 5.10 Å². The topological polar surface area (TPSA) is 153 Å². The highest BCUT2D eigenvalue weighted by Crippen LogP contribution is 2.37. The third kappa shape index (κ3) is 6.81. The number of halogens is 3.